The molecule has 30 heavy (non-hydrogen) atoms. The molecule has 0 aliphatic rings. The molecule has 3 aromatic rings. The molecule has 0 saturated heterocycles. The Kier molecular flexibility index (Phi) is 7.07. The van der Waals surface area contributed by atoms with Crippen LogP contribution in [0.15, 0.2) is 72.1 Å². The maximum Gasteiger partial charge on any atom is 0.269 e. The average molecular weight is 421 g/mol. The van der Waals surface area contributed by atoms with Gasteiger partial charge in [-0.05, 0) is 52.9 Å². The highest BCUT2D eigenvalue weighted by Crippen LogP contribution is 2.14. The van der Waals surface area contributed by atoms with E-state index in [2.05, 4.69) is 10.6 Å². The third-order valence-electron chi connectivity index (χ3n) is 4.16. The highest BCUT2D eigenvalue weighted by Gasteiger charge is 2.05. The van der Waals surface area contributed by atoms with Gasteiger partial charge in [0, 0.05) is 28.8 Å². The molecule has 1 heterocycles. The predicted octanol–water partition coefficient (Wildman–Crippen LogP) is 4.17. The molecule has 0 unspecified atom stereocenters. The van der Waals surface area contributed by atoms with Crippen molar-refractivity contribution in [2.45, 2.75) is 13.0 Å². The SMILES string of the molecule is O=C(/C=C/c1ccc([N+](=O)[O-])cc1)Nc1ccc(CC(=O)NCc2cccs2)cc1. The summed E-state index contributed by atoms with van der Waals surface area (Å²) in [5.74, 6) is -0.388. The number of nitro groups is 1. The third-order valence-corrected chi connectivity index (χ3v) is 5.03. The van der Waals surface area contributed by atoms with Gasteiger partial charge >= 0.3 is 0 Å². The van der Waals surface area contributed by atoms with Crippen LogP contribution in [0, 0.1) is 10.1 Å². The van der Waals surface area contributed by atoms with Gasteiger partial charge < -0.3 is 10.6 Å². The largest absolute Gasteiger partial charge is 0.351 e. The van der Waals surface area contributed by atoms with Gasteiger partial charge in [0.15, 0.2) is 0 Å². The van der Waals surface area contributed by atoms with Gasteiger partial charge in [-0.1, -0.05) is 18.2 Å². The molecule has 1 aromatic heterocycles. The van der Waals surface area contributed by atoms with Gasteiger partial charge in [-0.25, -0.2) is 0 Å². The number of carbonyl (C=O) groups excluding carboxylic acids is 2. The van der Waals surface area contributed by atoms with Crippen LogP contribution in [0.2, 0.25) is 0 Å². The number of nitrogens with zero attached hydrogens (tertiary/aromatic N) is 1. The van der Waals surface area contributed by atoms with Crippen LogP contribution in [-0.2, 0) is 22.6 Å². The zero-order valence-corrected chi connectivity index (χ0v) is 16.7. The Balaban J connectivity index is 1.47. The summed E-state index contributed by atoms with van der Waals surface area (Å²) in [4.78, 5) is 35.4. The van der Waals surface area contributed by atoms with Crippen LogP contribution in [0.1, 0.15) is 16.0 Å². The maximum absolute atomic E-state index is 12.1. The first-order chi connectivity index (χ1) is 14.5. The summed E-state index contributed by atoms with van der Waals surface area (Å²) in [6.07, 6.45) is 3.19. The number of thiophene rings is 1. The number of non-ortho nitro benzene ring substituents is 1. The van der Waals surface area contributed by atoms with Crippen LogP contribution in [0.25, 0.3) is 6.08 Å². The van der Waals surface area contributed by atoms with E-state index in [1.807, 2.05) is 17.5 Å². The van der Waals surface area contributed by atoms with Crippen molar-refractivity contribution in [1.29, 1.82) is 0 Å². The topological polar surface area (TPSA) is 101 Å². The molecule has 0 fully saturated rings. The highest BCUT2D eigenvalue weighted by molar-refractivity contribution is 7.09. The Morgan fingerprint density at radius 1 is 1.03 bits per heavy atom. The molecular formula is C22H19N3O4S. The van der Waals surface area contributed by atoms with E-state index in [1.54, 1.807) is 53.8 Å². The maximum atomic E-state index is 12.1. The van der Waals surface area contributed by atoms with Crippen LogP contribution in [0.5, 0.6) is 0 Å². The average Bonchev–Trinajstić information content (AvgIpc) is 3.26. The first-order valence-corrected chi connectivity index (χ1v) is 9.99. The van der Waals surface area contributed by atoms with E-state index in [0.29, 0.717) is 17.8 Å². The first-order valence-electron chi connectivity index (χ1n) is 9.11. The highest BCUT2D eigenvalue weighted by atomic mass is 32.1. The molecule has 3 rings (SSSR count). The van der Waals surface area contributed by atoms with Crippen molar-refractivity contribution in [3.63, 3.8) is 0 Å². The standard InChI is InChI=1S/C22H19N3O4S/c26-21(12-7-16-5-10-19(11-6-16)25(28)29)24-18-8-3-17(4-9-18)14-22(27)23-15-20-2-1-13-30-20/h1-13H,14-15H2,(H,23,27)(H,24,26)/b12-7+. The van der Waals surface area contributed by atoms with Gasteiger partial charge in [0.2, 0.25) is 11.8 Å². The van der Waals surface area contributed by atoms with Crippen LogP contribution in [-0.4, -0.2) is 16.7 Å². The van der Waals surface area contributed by atoms with Gasteiger partial charge in [0.1, 0.15) is 0 Å². The molecule has 0 saturated carbocycles. The minimum absolute atomic E-state index is 0.00288. The van der Waals surface area contributed by atoms with E-state index in [0.717, 1.165) is 10.4 Å². The summed E-state index contributed by atoms with van der Waals surface area (Å²) < 4.78 is 0. The van der Waals surface area contributed by atoms with E-state index < -0.39 is 4.92 Å². The van der Waals surface area contributed by atoms with Crippen molar-refractivity contribution >= 4 is 40.6 Å². The number of carbonyl (C=O) groups is 2. The summed E-state index contributed by atoms with van der Waals surface area (Å²) >= 11 is 1.60. The fraction of sp³-hybridized carbons (Fsp3) is 0.0909. The van der Waals surface area contributed by atoms with E-state index in [1.165, 1.54) is 18.2 Å². The lowest BCUT2D eigenvalue weighted by Gasteiger charge is -2.06. The fourth-order valence-electron chi connectivity index (χ4n) is 2.62. The smallest absolute Gasteiger partial charge is 0.269 e. The van der Waals surface area contributed by atoms with Gasteiger partial charge in [0.25, 0.3) is 5.69 Å². The monoisotopic (exact) mass is 421 g/mol. The number of amides is 2. The number of rotatable bonds is 8. The Labute approximate surface area is 177 Å². The van der Waals surface area contributed by atoms with Crippen molar-refractivity contribution in [2.24, 2.45) is 0 Å². The molecule has 0 atom stereocenters. The molecule has 2 N–H and O–H groups in total. The molecule has 0 spiro atoms. The summed E-state index contributed by atoms with van der Waals surface area (Å²) in [5, 5.41) is 18.2. The second-order valence-corrected chi connectivity index (χ2v) is 7.43. The molecular weight excluding hydrogens is 402 g/mol. The molecule has 2 aromatic carbocycles. The fourth-order valence-corrected chi connectivity index (χ4v) is 3.26. The van der Waals surface area contributed by atoms with Gasteiger partial charge in [-0.3, -0.25) is 19.7 Å². The summed E-state index contributed by atoms with van der Waals surface area (Å²) in [7, 11) is 0. The van der Waals surface area contributed by atoms with E-state index in [-0.39, 0.29) is 23.9 Å². The summed E-state index contributed by atoms with van der Waals surface area (Å²) in [6.45, 7) is 0.520. The first kappa shape index (κ1) is 20.9. The lowest BCUT2D eigenvalue weighted by atomic mass is 10.1. The Bertz CT molecular complexity index is 1040. The Morgan fingerprint density at radius 2 is 1.77 bits per heavy atom. The minimum Gasteiger partial charge on any atom is -0.351 e. The van der Waals surface area contributed by atoms with Crippen LogP contribution < -0.4 is 10.6 Å². The van der Waals surface area contributed by atoms with Crippen LogP contribution >= 0.6 is 11.3 Å². The number of nitrogens with one attached hydrogen (secondary N) is 2. The second kappa shape index (κ2) is 10.1. The van der Waals surface area contributed by atoms with Crippen molar-refractivity contribution in [3.8, 4) is 0 Å². The quantitative estimate of drug-likeness (QED) is 0.324. The van der Waals surface area contributed by atoms with Gasteiger partial charge in [0.05, 0.1) is 17.9 Å². The molecule has 2 amide bonds. The van der Waals surface area contributed by atoms with Gasteiger partial charge in [-0.15, -0.1) is 11.3 Å². The van der Waals surface area contributed by atoms with Gasteiger partial charge in [-0.2, -0.15) is 0 Å². The number of benzene rings is 2. The molecule has 0 radical (unpaired) electrons. The van der Waals surface area contributed by atoms with E-state index >= 15 is 0 Å². The van der Waals surface area contributed by atoms with Crippen LogP contribution in [0.4, 0.5) is 11.4 Å². The molecule has 0 aliphatic heterocycles. The predicted molar refractivity (Wildman–Crippen MR) is 117 cm³/mol. The van der Waals surface area contributed by atoms with Crippen LogP contribution in [0.3, 0.4) is 0 Å². The molecule has 7 nitrogen and oxygen atoms in total. The molecule has 152 valence electrons. The summed E-state index contributed by atoms with van der Waals surface area (Å²) in [5.41, 5.74) is 2.13. The zero-order chi connectivity index (χ0) is 21.3. The molecule has 8 heteroatoms. The Hall–Kier alpha value is -3.78. The normalized spacial score (nSPS) is 10.7. The zero-order valence-electron chi connectivity index (χ0n) is 15.9. The van der Waals surface area contributed by atoms with Crippen molar-refractivity contribution in [2.75, 3.05) is 5.32 Å². The van der Waals surface area contributed by atoms with Crippen molar-refractivity contribution in [1.82, 2.24) is 5.32 Å². The summed E-state index contributed by atoms with van der Waals surface area (Å²) in [6, 6.07) is 16.9. The third kappa shape index (κ3) is 6.39. The lowest BCUT2D eigenvalue weighted by Crippen LogP contribution is -2.24. The second-order valence-electron chi connectivity index (χ2n) is 6.40. The Morgan fingerprint density at radius 3 is 2.40 bits per heavy atom. The number of anilines is 1. The van der Waals surface area contributed by atoms with Crippen molar-refractivity contribution in [3.05, 3.63) is 98.2 Å². The molecule has 0 bridgehead atoms. The van der Waals surface area contributed by atoms with E-state index in [9.17, 15) is 19.7 Å². The number of hydrogen-bond acceptors (Lipinski definition) is 5. The number of nitro benzene ring substituents is 1. The minimum atomic E-state index is -0.475. The van der Waals surface area contributed by atoms with Crippen molar-refractivity contribution < 1.29 is 14.5 Å². The number of hydrogen-bond donors (Lipinski definition) is 2. The molecule has 0 aliphatic carbocycles. The van der Waals surface area contributed by atoms with E-state index in [4.69, 9.17) is 0 Å². The lowest BCUT2D eigenvalue weighted by molar-refractivity contribution is -0.384.